The normalized spacial score (nSPS) is 10.7. The van der Waals surface area contributed by atoms with E-state index in [-0.39, 0.29) is 5.91 Å². The third kappa shape index (κ3) is 3.28. The zero-order valence-electron chi connectivity index (χ0n) is 15.9. The minimum Gasteiger partial charge on any atom is -0.384 e. The molecule has 29 heavy (non-hydrogen) atoms. The fraction of sp³-hybridized carbons (Fsp3) is 0.0909. The number of hydrogen-bond acceptors (Lipinski definition) is 5. The van der Waals surface area contributed by atoms with Gasteiger partial charge in [-0.1, -0.05) is 18.2 Å². The van der Waals surface area contributed by atoms with Gasteiger partial charge in [0.2, 0.25) is 0 Å². The van der Waals surface area contributed by atoms with Crippen molar-refractivity contribution in [1.29, 1.82) is 5.26 Å². The third-order valence-electron chi connectivity index (χ3n) is 4.82. The second-order valence-electron chi connectivity index (χ2n) is 6.76. The fourth-order valence-corrected chi connectivity index (χ4v) is 3.52. The maximum Gasteiger partial charge on any atom is 0.255 e. The quantitative estimate of drug-likeness (QED) is 0.495. The van der Waals surface area contributed by atoms with Crippen molar-refractivity contribution in [2.75, 3.05) is 11.1 Å². The Kier molecular flexibility index (Phi) is 4.45. The Morgan fingerprint density at radius 3 is 2.76 bits per heavy atom. The third-order valence-corrected chi connectivity index (χ3v) is 4.82. The number of carbonyl (C=O) groups excluding carboxylic acids is 1. The molecule has 4 N–H and O–H groups in total. The Morgan fingerprint density at radius 2 is 1.97 bits per heavy atom. The SMILES string of the molecule is Cc1nc2n[nH]c(N)c2c(C)c1-c1cccc(C(=O)Nc2cccc(C#N)c2)c1. The number of nitrogens with one attached hydrogen (secondary N) is 2. The van der Waals surface area contributed by atoms with Crippen molar-refractivity contribution in [3.63, 3.8) is 0 Å². The Bertz CT molecular complexity index is 1300. The van der Waals surface area contributed by atoms with Crippen molar-refractivity contribution >= 4 is 28.4 Å². The summed E-state index contributed by atoms with van der Waals surface area (Å²) in [5.41, 5.74) is 11.7. The fourth-order valence-electron chi connectivity index (χ4n) is 3.52. The highest BCUT2D eigenvalue weighted by Crippen LogP contribution is 2.33. The van der Waals surface area contributed by atoms with E-state index in [9.17, 15) is 4.79 Å². The van der Waals surface area contributed by atoms with E-state index in [0.29, 0.717) is 28.3 Å². The number of hydrogen-bond donors (Lipinski definition) is 3. The summed E-state index contributed by atoms with van der Waals surface area (Å²) >= 11 is 0. The number of H-pyrrole nitrogens is 1. The zero-order valence-corrected chi connectivity index (χ0v) is 15.9. The number of pyridine rings is 1. The first-order chi connectivity index (χ1) is 14.0. The van der Waals surface area contributed by atoms with Gasteiger partial charge in [-0.15, -0.1) is 0 Å². The Hall–Kier alpha value is -4.18. The maximum absolute atomic E-state index is 12.7. The van der Waals surface area contributed by atoms with E-state index in [1.165, 1.54) is 0 Å². The average molecular weight is 382 g/mol. The molecule has 0 saturated carbocycles. The Labute approximate surface area is 167 Å². The van der Waals surface area contributed by atoms with E-state index in [0.717, 1.165) is 27.8 Å². The minimum absolute atomic E-state index is 0.255. The summed E-state index contributed by atoms with van der Waals surface area (Å²) < 4.78 is 0. The molecule has 7 nitrogen and oxygen atoms in total. The van der Waals surface area contributed by atoms with Crippen LogP contribution in [0.25, 0.3) is 22.2 Å². The number of nitrogen functional groups attached to an aromatic ring is 1. The standard InChI is InChI=1S/C22H18N6O/c1-12-18(13(2)25-21-19(12)20(24)27-28-21)15-6-4-7-16(10-15)22(29)26-17-8-3-5-14(9-17)11-23/h3-10H,1-2H3,(H,26,29)(H3,24,25,27,28). The minimum atomic E-state index is -0.255. The van der Waals surface area contributed by atoms with Crippen LogP contribution in [0, 0.1) is 25.2 Å². The van der Waals surface area contributed by atoms with Crippen LogP contribution in [-0.2, 0) is 0 Å². The molecule has 0 atom stereocenters. The lowest BCUT2D eigenvalue weighted by atomic mass is 9.96. The van der Waals surface area contributed by atoms with Crippen molar-refractivity contribution in [3.8, 4) is 17.2 Å². The second kappa shape index (κ2) is 7.09. The topological polar surface area (TPSA) is 120 Å². The monoisotopic (exact) mass is 382 g/mol. The Morgan fingerprint density at radius 1 is 1.17 bits per heavy atom. The molecule has 142 valence electrons. The molecule has 0 bridgehead atoms. The molecular formula is C22H18N6O. The molecule has 0 aliphatic rings. The van der Waals surface area contributed by atoms with E-state index in [2.05, 4.69) is 26.6 Å². The van der Waals surface area contributed by atoms with Crippen LogP contribution in [0.4, 0.5) is 11.5 Å². The lowest BCUT2D eigenvalue weighted by Gasteiger charge is -2.12. The van der Waals surface area contributed by atoms with E-state index in [1.54, 1.807) is 30.3 Å². The number of nitrogens with two attached hydrogens (primary N) is 1. The van der Waals surface area contributed by atoms with Crippen molar-refractivity contribution in [2.24, 2.45) is 0 Å². The van der Waals surface area contributed by atoms with Crippen molar-refractivity contribution in [2.45, 2.75) is 13.8 Å². The second-order valence-corrected chi connectivity index (χ2v) is 6.76. The molecule has 4 rings (SSSR count). The van der Waals surface area contributed by atoms with Crippen molar-refractivity contribution in [3.05, 3.63) is 70.9 Å². The van der Waals surface area contributed by atoms with Crippen LogP contribution in [-0.4, -0.2) is 21.1 Å². The summed E-state index contributed by atoms with van der Waals surface area (Å²) in [6, 6.07) is 16.2. The number of aromatic amines is 1. The van der Waals surface area contributed by atoms with Gasteiger partial charge in [0, 0.05) is 22.5 Å². The van der Waals surface area contributed by atoms with Gasteiger partial charge in [-0.2, -0.15) is 10.4 Å². The number of aryl methyl sites for hydroxylation is 2. The molecule has 0 aliphatic heterocycles. The van der Waals surface area contributed by atoms with Gasteiger partial charge >= 0.3 is 0 Å². The zero-order chi connectivity index (χ0) is 20.5. The summed E-state index contributed by atoms with van der Waals surface area (Å²) in [6.07, 6.45) is 0. The molecule has 7 heteroatoms. The molecule has 0 fully saturated rings. The maximum atomic E-state index is 12.7. The van der Waals surface area contributed by atoms with Crippen molar-refractivity contribution < 1.29 is 4.79 Å². The smallest absolute Gasteiger partial charge is 0.255 e. The van der Waals surface area contributed by atoms with Gasteiger partial charge in [-0.05, 0) is 55.3 Å². The van der Waals surface area contributed by atoms with Crippen LogP contribution in [0.3, 0.4) is 0 Å². The lowest BCUT2D eigenvalue weighted by Crippen LogP contribution is -2.12. The van der Waals surface area contributed by atoms with Crippen LogP contribution in [0.15, 0.2) is 48.5 Å². The van der Waals surface area contributed by atoms with Gasteiger partial charge < -0.3 is 11.1 Å². The number of rotatable bonds is 3. The van der Waals surface area contributed by atoms with Gasteiger partial charge in [0.1, 0.15) is 5.82 Å². The van der Waals surface area contributed by atoms with Crippen LogP contribution >= 0.6 is 0 Å². The average Bonchev–Trinajstić information content (AvgIpc) is 3.09. The summed E-state index contributed by atoms with van der Waals surface area (Å²) in [4.78, 5) is 17.3. The van der Waals surface area contributed by atoms with Gasteiger partial charge in [-0.25, -0.2) is 4.98 Å². The summed E-state index contributed by atoms with van der Waals surface area (Å²) in [5.74, 6) is 0.214. The highest BCUT2D eigenvalue weighted by atomic mass is 16.1. The van der Waals surface area contributed by atoms with Gasteiger partial charge in [0.25, 0.3) is 5.91 Å². The highest BCUT2D eigenvalue weighted by Gasteiger charge is 2.16. The van der Waals surface area contributed by atoms with Gasteiger partial charge in [0.15, 0.2) is 5.65 Å². The molecule has 0 spiro atoms. The molecule has 0 saturated heterocycles. The van der Waals surface area contributed by atoms with Crippen LogP contribution in [0.2, 0.25) is 0 Å². The van der Waals surface area contributed by atoms with Crippen LogP contribution < -0.4 is 11.1 Å². The number of amides is 1. The van der Waals surface area contributed by atoms with Gasteiger partial charge in [0.05, 0.1) is 17.0 Å². The van der Waals surface area contributed by atoms with E-state index < -0.39 is 0 Å². The summed E-state index contributed by atoms with van der Waals surface area (Å²) in [7, 11) is 0. The number of fused-ring (bicyclic) bond motifs is 1. The molecule has 2 aromatic carbocycles. The highest BCUT2D eigenvalue weighted by molar-refractivity contribution is 6.05. The number of carbonyl (C=O) groups is 1. The molecule has 0 unspecified atom stereocenters. The molecule has 0 radical (unpaired) electrons. The van der Waals surface area contributed by atoms with Crippen LogP contribution in [0.1, 0.15) is 27.2 Å². The number of aromatic nitrogens is 3. The van der Waals surface area contributed by atoms with Crippen LogP contribution in [0.5, 0.6) is 0 Å². The number of nitriles is 1. The first-order valence-electron chi connectivity index (χ1n) is 9.00. The number of benzene rings is 2. The molecule has 2 heterocycles. The molecule has 2 aromatic heterocycles. The molecule has 4 aromatic rings. The summed E-state index contributed by atoms with van der Waals surface area (Å²) in [6.45, 7) is 3.88. The van der Waals surface area contributed by atoms with Gasteiger partial charge in [-0.3, -0.25) is 9.89 Å². The van der Waals surface area contributed by atoms with E-state index >= 15 is 0 Å². The molecular weight excluding hydrogens is 364 g/mol. The number of nitrogens with zero attached hydrogens (tertiary/aromatic N) is 3. The van der Waals surface area contributed by atoms with E-state index in [1.807, 2.05) is 32.0 Å². The summed E-state index contributed by atoms with van der Waals surface area (Å²) in [5, 5.41) is 19.5. The molecule has 1 amide bonds. The lowest BCUT2D eigenvalue weighted by molar-refractivity contribution is 0.102. The predicted octanol–water partition coefficient (Wildman–Crippen LogP) is 3.95. The Balaban J connectivity index is 1.72. The van der Waals surface area contributed by atoms with E-state index in [4.69, 9.17) is 11.0 Å². The molecule has 0 aliphatic carbocycles. The van der Waals surface area contributed by atoms with Crippen molar-refractivity contribution in [1.82, 2.24) is 15.2 Å². The predicted molar refractivity (Wildman–Crippen MR) is 112 cm³/mol. The largest absolute Gasteiger partial charge is 0.384 e. The number of anilines is 2. The first-order valence-corrected chi connectivity index (χ1v) is 9.00. The first kappa shape index (κ1) is 18.2.